The summed E-state index contributed by atoms with van der Waals surface area (Å²) in [4.78, 5) is 14.6. The van der Waals surface area contributed by atoms with Crippen LogP contribution < -0.4 is 24.0 Å². The van der Waals surface area contributed by atoms with Crippen molar-refractivity contribution in [3.8, 4) is 62.2 Å². The van der Waals surface area contributed by atoms with E-state index in [4.69, 9.17) is 15.0 Å². The molecule has 176 valence electrons. The second kappa shape index (κ2) is 11.3. The molecule has 2 heterocycles. The Bertz CT molecular complexity index is 1610. The van der Waals surface area contributed by atoms with Gasteiger partial charge in [-0.2, -0.15) is 0 Å². The van der Waals surface area contributed by atoms with E-state index in [2.05, 4.69) is 24.3 Å². The van der Waals surface area contributed by atoms with E-state index in [1.54, 1.807) is 18.2 Å². The molecule has 5 heteroatoms. The van der Waals surface area contributed by atoms with E-state index < -0.39 is 0 Å². The Kier molecular flexibility index (Phi) is 7.47. The number of hydrogen-bond donors (Lipinski definition) is 0. The van der Waals surface area contributed by atoms with Crippen LogP contribution >= 0.6 is 0 Å². The minimum Gasteiger partial charge on any atom is -0.872 e. The quantitative estimate of drug-likeness (QED) is 0.344. The maximum atomic E-state index is 12.3. The van der Waals surface area contributed by atoms with E-state index in [1.165, 1.54) is 0 Å². The van der Waals surface area contributed by atoms with Crippen LogP contribution in [0, 0.1) is 0 Å². The van der Waals surface area contributed by atoms with Crippen molar-refractivity contribution < 1.29 is 24.0 Å². The van der Waals surface area contributed by atoms with Gasteiger partial charge in [-0.15, -0.1) is 0 Å². The Morgan fingerprint density at radius 2 is 0.895 bits per heavy atom. The molecule has 2 aromatic heterocycles. The van der Waals surface area contributed by atoms with Crippen LogP contribution in [0.1, 0.15) is 0 Å². The van der Waals surface area contributed by atoms with Crippen LogP contribution in [0.3, 0.4) is 0 Å². The molecule has 0 fully saturated rings. The third-order valence-electron chi connectivity index (χ3n) is 6.22. The van der Waals surface area contributed by atoms with Crippen molar-refractivity contribution in [3.05, 3.63) is 133 Å². The zero-order chi connectivity index (χ0) is 25.0. The van der Waals surface area contributed by atoms with Gasteiger partial charge in [0, 0.05) is 22.3 Å². The topological polar surface area (TPSA) is 61.7 Å². The molecule has 4 nitrogen and oxygen atoms in total. The van der Waals surface area contributed by atoms with E-state index >= 15 is 0 Å². The first-order chi connectivity index (χ1) is 18.2. The molecule has 38 heavy (non-hydrogen) atoms. The van der Waals surface area contributed by atoms with Gasteiger partial charge in [-0.25, -0.2) is 15.0 Å². The van der Waals surface area contributed by atoms with E-state index in [0.717, 1.165) is 39.3 Å². The van der Waals surface area contributed by atoms with Crippen molar-refractivity contribution in [2.24, 2.45) is 0 Å². The molecule has 0 saturated carbocycles. The Hall–Kier alpha value is -4.49. The van der Waals surface area contributed by atoms with Gasteiger partial charge in [0.25, 0.3) is 0 Å². The second-order valence-corrected chi connectivity index (χ2v) is 8.68. The van der Waals surface area contributed by atoms with Gasteiger partial charge in [-0.3, -0.25) is 0 Å². The van der Waals surface area contributed by atoms with E-state index in [-0.39, 0.29) is 24.6 Å². The SMILES string of the molecule is [Li+].[O-]c1ccccc1-c1cccc(-c2ccc(-c3nc(-c4ccccc4)cc(-c4ccccc4)n3)cc2)n1. The second-order valence-electron chi connectivity index (χ2n) is 8.68. The van der Waals surface area contributed by atoms with Gasteiger partial charge < -0.3 is 5.11 Å². The van der Waals surface area contributed by atoms with E-state index in [9.17, 15) is 5.11 Å². The van der Waals surface area contributed by atoms with Crippen molar-refractivity contribution in [1.29, 1.82) is 0 Å². The molecular weight excluding hydrogens is 461 g/mol. The van der Waals surface area contributed by atoms with Crippen LogP contribution in [-0.2, 0) is 0 Å². The first-order valence-electron chi connectivity index (χ1n) is 12.1. The summed E-state index contributed by atoms with van der Waals surface area (Å²) in [5.74, 6) is 0.626. The maximum absolute atomic E-state index is 12.3. The summed E-state index contributed by atoms with van der Waals surface area (Å²) in [6.07, 6.45) is 0. The van der Waals surface area contributed by atoms with Crippen molar-refractivity contribution in [2.75, 3.05) is 0 Å². The van der Waals surface area contributed by atoms with E-state index in [0.29, 0.717) is 17.1 Å². The predicted molar refractivity (Wildman–Crippen MR) is 146 cm³/mol. The third-order valence-corrected chi connectivity index (χ3v) is 6.22. The van der Waals surface area contributed by atoms with Crippen molar-refractivity contribution in [3.63, 3.8) is 0 Å². The molecule has 0 amide bonds. The molecule has 0 saturated heterocycles. The molecule has 0 unspecified atom stereocenters. The molecule has 0 N–H and O–H groups in total. The number of nitrogens with zero attached hydrogens (tertiary/aromatic N) is 3. The normalized spacial score (nSPS) is 10.5. The summed E-state index contributed by atoms with van der Waals surface area (Å²) >= 11 is 0. The van der Waals surface area contributed by atoms with Crippen molar-refractivity contribution in [2.45, 2.75) is 0 Å². The first kappa shape index (κ1) is 25.2. The average Bonchev–Trinajstić information content (AvgIpc) is 2.98. The molecule has 6 aromatic rings. The number of hydrogen-bond acceptors (Lipinski definition) is 4. The summed E-state index contributed by atoms with van der Waals surface area (Å²) in [6.45, 7) is 0. The molecular formula is C33H22LiN3O. The Labute approximate surface area is 233 Å². The zero-order valence-electron chi connectivity index (χ0n) is 21.0. The largest absolute Gasteiger partial charge is 1.00 e. The molecule has 0 bridgehead atoms. The Morgan fingerprint density at radius 3 is 1.50 bits per heavy atom. The van der Waals surface area contributed by atoms with Gasteiger partial charge in [0.15, 0.2) is 5.82 Å². The van der Waals surface area contributed by atoms with Crippen LogP contribution in [0.4, 0.5) is 0 Å². The molecule has 0 atom stereocenters. The standard InChI is InChI=1S/C33H23N3O.Li/c37-32-17-8-7-14-27(32)29-16-9-15-28(34-29)25-18-20-26(21-19-25)33-35-30(23-10-3-1-4-11-23)22-31(36-33)24-12-5-2-6-13-24;/h1-22,37H;/q;+1/p-1. The Balaban J connectivity index is 0.00000294. The molecule has 0 spiro atoms. The number of benzene rings is 4. The number of aromatic nitrogens is 3. The van der Waals surface area contributed by atoms with Crippen LogP contribution in [0.2, 0.25) is 0 Å². The van der Waals surface area contributed by atoms with Gasteiger partial charge in [-0.1, -0.05) is 121 Å². The van der Waals surface area contributed by atoms with E-state index in [1.807, 2.05) is 91.0 Å². The third kappa shape index (κ3) is 5.28. The van der Waals surface area contributed by atoms with Gasteiger partial charge in [0.05, 0.1) is 22.8 Å². The first-order valence-corrected chi connectivity index (χ1v) is 12.1. The van der Waals surface area contributed by atoms with Crippen LogP contribution in [-0.4, -0.2) is 15.0 Å². The Morgan fingerprint density at radius 1 is 0.395 bits per heavy atom. The molecule has 0 radical (unpaired) electrons. The summed E-state index contributed by atoms with van der Waals surface area (Å²) < 4.78 is 0. The van der Waals surface area contributed by atoms with Gasteiger partial charge in [0.1, 0.15) is 0 Å². The van der Waals surface area contributed by atoms with Crippen molar-refractivity contribution in [1.82, 2.24) is 15.0 Å². The molecule has 4 aromatic carbocycles. The summed E-state index contributed by atoms with van der Waals surface area (Å²) in [6, 6.07) is 43.1. The van der Waals surface area contributed by atoms with Gasteiger partial charge in [0.2, 0.25) is 0 Å². The molecule has 0 aliphatic heterocycles. The minimum absolute atomic E-state index is 0. The fourth-order valence-electron chi connectivity index (χ4n) is 4.30. The monoisotopic (exact) mass is 483 g/mol. The molecule has 0 aliphatic carbocycles. The summed E-state index contributed by atoms with van der Waals surface area (Å²) in [5, 5.41) is 12.3. The molecule has 6 rings (SSSR count). The average molecular weight is 484 g/mol. The smallest absolute Gasteiger partial charge is 0.872 e. The zero-order valence-corrected chi connectivity index (χ0v) is 21.0. The number of rotatable bonds is 5. The number of pyridine rings is 1. The summed E-state index contributed by atoms with van der Waals surface area (Å²) in [7, 11) is 0. The molecule has 0 aliphatic rings. The van der Waals surface area contributed by atoms with Gasteiger partial charge >= 0.3 is 18.9 Å². The minimum atomic E-state index is -0.0350. The predicted octanol–water partition coefficient (Wildman–Crippen LogP) is 4.28. The van der Waals surface area contributed by atoms with Gasteiger partial charge in [-0.05, 0) is 23.8 Å². The van der Waals surface area contributed by atoms with Crippen molar-refractivity contribution >= 4 is 0 Å². The van der Waals surface area contributed by atoms with Crippen LogP contribution in [0.25, 0.3) is 56.4 Å². The number of para-hydroxylation sites is 1. The van der Waals surface area contributed by atoms with Crippen LogP contribution in [0.15, 0.2) is 133 Å². The fraction of sp³-hybridized carbons (Fsp3) is 0. The van der Waals surface area contributed by atoms with Crippen LogP contribution in [0.5, 0.6) is 5.75 Å². The fourth-order valence-corrected chi connectivity index (χ4v) is 4.30. The summed E-state index contributed by atoms with van der Waals surface area (Å²) in [5.41, 5.74) is 7.77. The maximum Gasteiger partial charge on any atom is 1.00 e.